The molecular weight excluding hydrogens is 493 g/mol. The number of carbonyl (C=O) groups excluding carboxylic acids is 1. The minimum Gasteiger partial charge on any atom is -0.463 e. The van der Waals surface area contributed by atoms with Crippen LogP contribution in [0.4, 0.5) is 0 Å². The molecule has 0 bridgehead atoms. The zero-order chi connectivity index (χ0) is 27.8. The smallest absolute Gasteiger partial charge is 0.305 e. The average molecular weight is 559 g/mol. The topological polar surface area (TPSA) is 44.8 Å². The highest BCUT2D eigenvalue weighted by molar-refractivity contribution is 6.70. The van der Waals surface area contributed by atoms with Crippen LogP contribution in [-0.4, -0.2) is 41.9 Å². The predicted octanol–water partition coefficient (Wildman–Crippen LogP) is 10.4. The number of carbonyl (C=O) groups is 1. The Morgan fingerprint density at radius 2 is 0.919 bits per heavy atom. The second-order valence-corrected chi connectivity index (χ2v) is 22.0. The Balaban J connectivity index is 3.54. The maximum absolute atomic E-state index is 12.2. The van der Waals surface area contributed by atoms with Gasteiger partial charge < -0.3 is 13.6 Å². The Bertz CT molecular complexity index is 514. The number of esters is 1. The van der Waals surface area contributed by atoms with E-state index in [2.05, 4.69) is 46.2 Å². The van der Waals surface area contributed by atoms with Crippen LogP contribution in [0, 0.1) is 0 Å². The van der Waals surface area contributed by atoms with Crippen molar-refractivity contribution in [2.75, 3.05) is 13.2 Å². The molecule has 0 rings (SSSR count). The normalized spacial score (nSPS) is 13.2. The molecule has 0 fully saturated rings. The summed E-state index contributed by atoms with van der Waals surface area (Å²) in [5.74, 6) is -0.0934. The van der Waals surface area contributed by atoms with E-state index < -0.39 is 16.6 Å². The molecule has 6 heteroatoms. The number of unbranched alkanes of at least 4 members (excludes halogenated alkanes) is 18. The summed E-state index contributed by atoms with van der Waals surface area (Å²) in [6.07, 6.45) is 26.2. The largest absolute Gasteiger partial charge is 0.463 e. The van der Waals surface area contributed by atoms with Gasteiger partial charge in [-0.15, -0.1) is 0 Å². The summed E-state index contributed by atoms with van der Waals surface area (Å²) in [5, 5.41) is 0. The molecule has 0 aromatic rings. The van der Waals surface area contributed by atoms with Crippen LogP contribution in [0.2, 0.25) is 39.3 Å². The second kappa shape index (κ2) is 23.7. The highest BCUT2D eigenvalue weighted by atomic mass is 28.4. The first-order valence-corrected chi connectivity index (χ1v) is 22.8. The molecule has 0 heterocycles. The Labute approximate surface area is 234 Å². The molecule has 0 radical (unpaired) electrons. The lowest BCUT2D eigenvalue weighted by Crippen LogP contribution is -2.40. The van der Waals surface area contributed by atoms with Crippen LogP contribution in [0.5, 0.6) is 0 Å². The molecule has 1 unspecified atom stereocenters. The molecule has 0 saturated heterocycles. The van der Waals surface area contributed by atoms with E-state index in [9.17, 15) is 4.79 Å². The van der Waals surface area contributed by atoms with Crippen molar-refractivity contribution in [1.29, 1.82) is 0 Å². The molecule has 37 heavy (non-hydrogen) atoms. The molecule has 1 atom stereocenters. The quantitative estimate of drug-likeness (QED) is 0.0571. The van der Waals surface area contributed by atoms with Gasteiger partial charge in [-0.3, -0.25) is 4.79 Å². The average Bonchev–Trinajstić information content (AvgIpc) is 2.81. The van der Waals surface area contributed by atoms with E-state index in [4.69, 9.17) is 13.6 Å². The molecule has 0 N–H and O–H groups in total. The first kappa shape index (κ1) is 36.8. The van der Waals surface area contributed by atoms with Crippen molar-refractivity contribution in [2.24, 2.45) is 0 Å². The summed E-state index contributed by atoms with van der Waals surface area (Å²) in [7, 11) is -3.33. The van der Waals surface area contributed by atoms with Crippen LogP contribution in [0.3, 0.4) is 0 Å². The molecule has 0 spiro atoms. The Morgan fingerprint density at radius 3 is 1.27 bits per heavy atom. The fourth-order valence-corrected chi connectivity index (χ4v) is 6.39. The van der Waals surface area contributed by atoms with Crippen molar-refractivity contribution < 1.29 is 18.4 Å². The summed E-state index contributed by atoms with van der Waals surface area (Å²) < 4.78 is 17.8. The Hall–Kier alpha value is -0.176. The SMILES string of the molecule is CCCCCCCCCCCCCCCCCCCCCC(=O)OCC(CO[Si](C)(C)C)O[Si](C)(C)C. The minimum absolute atomic E-state index is 0.0934. The molecule has 4 nitrogen and oxygen atoms in total. The first-order chi connectivity index (χ1) is 17.5. The number of hydrogen-bond donors (Lipinski definition) is 0. The van der Waals surface area contributed by atoms with Gasteiger partial charge in [-0.2, -0.15) is 0 Å². The van der Waals surface area contributed by atoms with Gasteiger partial charge in [0.25, 0.3) is 0 Å². The van der Waals surface area contributed by atoms with Gasteiger partial charge >= 0.3 is 5.97 Å². The summed E-state index contributed by atoms with van der Waals surface area (Å²) in [6.45, 7) is 16.1. The van der Waals surface area contributed by atoms with E-state index in [-0.39, 0.29) is 12.1 Å². The molecule has 0 aromatic heterocycles. The van der Waals surface area contributed by atoms with Crippen LogP contribution >= 0.6 is 0 Å². The van der Waals surface area contributed by atoms with E-state index in [0.717, 1.165) is 12.8 Å². The highest BCUT2D eigenvalue weighted by Crippen LogP contribution is 2.16. The molecule has 0 aromatic carbocycles. The monoisotopic (exact) mass is 558 g/mol. The van der Waals surface area contributed by atoms with Crippen molar-refractivity contribution in [3.8, 4) is 0 Å². The molecule has 0 aliphatic carbocycles. The molecule has 0 amide bonds. The summed E-state index contributed by atoms with van der Waals surface area (Å²) >= 11 is 0. The van der Waals surface area contributed by atoms with Gasteiger partial charge in [0.1, 0.15) is 12.7 Å². The lowest BCUT2D eigenvalue weighted by atomic mass is 10.0. The standard InChI is InChI=1S/C31H66O4Si2/c1-8-9-10-11-12-13-14-15-16-17-18-19-20-21-22-23-24-25-26-27-31(32)33-28-30(35-37(5,6)7)29-34-36(2,3)4/h30H,8-29H2,1-7H3. The van der Waals surface area contributed by atoms with Crippen LogP contribution in [-0.2, 0) is 18.4 Å². The summed E-state index contributed by atoms with van der Waals surface area (Å²) in [6, 6.07) is 0. The van der Waals surface area contributed by atoms with E-state index in [0.29, 0.717) is 19.6 Å². The van der Waals surface area contributed by atoms with Crippen molar-refractivity contribution in [3.05, 3.63) is 0 Å². The third kappa shape index (κ3) is 30.2. The fourth-order valence-electron chi connectivity index (χ4n) is 4.56. The lowest BCUT2D eigenvalue weighted by Gasteiger charge is -2.28. The zero-order valence-corrected chi connectivity index (χ0v) is 28.3. The van der Waals surface area contributed by atoms with Crippen LogP contribution in [0.25, 0.3) is 0 Å². The Morgan fingerprint density at radius 1 is 0.541 bits per heavy atom. The van der Waals surface area contributed by atoms with Crippen molar-refractivity contribution in [1.82, 2.24) is 0 Å². The second-order valence-electron chi connectivity index (χ2n) is 13.1. The van der Waals surface area contributed by atoms with Gasteiger partial charge in [-0.05, 0) is 45.7 Å². The van der Waals surface area contributed by atoms with E-state index >= 15 is 0 Å². The molecule has 0 aliphatic heterocycles. The van der Waals surface area contributed by atoms with Gasteiger partial charge in [0.2, 0.25) is 0 Å². The third-order valence-electron chi connectivity index (χ3n) is 6.64. The number of rotatable bonds is 27. The van der Waals surface area contributed by atoms with Gasteiger partial charge in [-0.1, -0.05) is 122 Å². The minimum atomic E-state index is -1.71. The molecule has 0 aliphatic rings. The molecule has 222 valence electrons. The zero-order valence-electron chi connectivity index (χ0n) is 26.3. The maximum Gasteiger partial charge on any atom is 0.305 e. The maximum atomic E-state index is 12.2. The van der Waals surface area contributed by atoms with Gasteiger partial charge in [0, 0.05) is 6.42 Å². The number of hydrogen-bond acceptors (Lipinski definition) is 4. The first-order valence-electron chi connectivity index (χ1n) is 16.0. The predicted molar refractivity (Wildman–Crippen MR) is 166 cm³/mol. The molecule has 0 saturated carbocycles. The summed E-state index contributed by atoms with van der Waals surface area (Å²) in [4.78, 5) is 12.2. The lowest BCUT2D eigenvalue weighted by molar-refractivity contribution is -0.146. The van der Waals surface area contributed by atoms with Gasteiger partial charge in [0.05, 0.1) is 6.61 Å². The van der Waals surface area contributed by atoms with Crippen LogP contribution < -0.4 is 0 Å². The van der Waals surface area contributed by atoms with Crippen LogP contribution in [0.1, 0.15) is 135 Å². The van der Waals surface area contributed by atoms with E-state index in [1.54, 1.807) is 0 Å². The van der Waals surface area contributed by atoms with Crippen molar-refractivity contribution >= 4 is 22.6 Å². The van der Waals surface area contributed by atoms with Gasteiger partial charge in [0.15, 0.2) is 16.6 Å². The van der Waals surface area contributed by atoms with Gasteiger partial charge in [-0.25, -0.2) is 0 Å². The third-order valence-corrected chi connectivity index (χ3v) is 8.71. The summed E-state index contributed by atoms with van der Waals surface area (Å²) in [5.41, 5.74) is 0. The van der Waals surface area contributed by atoms with E-state index in [1.807, 2.05) is 0 Å². The van der Waals surface area contributed by atoms with Crippen LogP contribution in [0.15, 0.2) is 0 Å². The van der Waals surface area contributed by atoms with Crippen molar-refractivity contribution in [2.45, 2.75) is 181 Å². The fraction of sp³-hybridized carbons (Fsp3) is 0.968. The molecular formula is C31H66O4Si2. The Kier molecular flexibility index (Phi) is 23.6. The van der Waals surface area contributed by atoms with Crippen molar-refractivity contribution in [3.63, 3.8) is 0 Å². The number of ether oxygens (including phenoxy) is 1. The van der Waals surface area contributed by atoms with E-state index in [1.165, 1.54) is 109 Å². The highest BCUT2D eigenvalue weighted by Gasteiger charge is 2.25.